The van der Waals surface area contributed by atoms with Crippen molar-refractivity contribution in [2.45, 2.75) is 51.9 Å². The molecule has 0 amide bonds. The monoisotopic (exact) mass is 249 g/mol. The average Bonchev–Trinajstić information content (AvgIpc) is 2.42. The summed E-state index contributed by atoms with van der Waals surface area (Å²) in [5, 5.41) is 0. The van der Waals surface area contributed by atoms with Crippen molar-refractivity contribution in [3.8, 4) is 0 Å². The van der Waals surface area contributed by atoms with E-state index >= 15 is 0 Å². The average molecular weight is 249 g/mol. The zero-order valence-corrected chi connectivity index (χ0v) is 11.2. The van der Waals surface area contributed by atoms with Gasteiger partial charge in [-0.1, -0.05) is 45.4 Å². The number of nitrogens with zero attached hydrogens (tertiary/aromatic N) is 1. The molecule has 1 rings (SSSR count). The number of aromatic nitrogens is 1. The summed E-state index contributed by atoms with van der Waals surface area (Å²) < 4.78 is 5.19. The Morgan fingerprint density at radius 2 is 1.67 bits per heavy atom. The van der Waals surface area contributed by atoms with Gasteiger partial charge in [-0.25, -0.2) is 4.79 Å². The van der Waals surface area contributed by atoms with Crippen LogP contribution in [0.4, 0.5) is 0 Å². The zero-order valence-electron chi connectivity index (χ0n) is 11.2. The first-order valence-electron chi connectivity index (χ1n) is 6.91. The number of carbonyl (C=O) groups is 1. The predicted molar refractivity (Wildman–Crippen MR) is 72.5 cm³/mol. The molecule has 100 valence electrons. The molecule has 0 saturated carbocycles. The maximum atomic E-state index is 11.6. The van der Waals surface area contributed by atoms with Gasteiger partial charge in [-0.2, -0.15) is 0 Å². The van der Waals surface area contributed by atoms with Crippen molar-refractivity contribution in [1.29, 1.82) is 0 Å². The molecule has 1 aromatic rings. The number of esters is 1. The summed E-state index contributed by atoms with van der Waals surface area (Å²) in [7, 11) is 0. The lowest BCUT2D eigenvalue weighted by atomic mass is 10.1. The molecule has 0 radical (unpaired) electrons. The molecule has 1 heterocycles. The van der Waals surface area contributed by atoms with Crippen LogP contribution < -0.4 is 0 Å². The molecule has 1 aromatic heterocycles. The van der Waals surface area contributed by atoms with Gasteiger partial charge in [0.1, 0.15) is 0 Å². The molecule has 0 aliphatic heterocycles. The second-order valence-electron chi connectivity index (χ2n) is 4.49. The van der Waals surface area contributed by atoms with Gasteiger partial charge in [0.05, 0.1) is 12.2 Å². The summed E-state index contributed by atoms with van der Waals surface area (Å²) in [5.74, 6) is -0.247. The van der Waals surface area contributed by atoms with Gasteiger partial charge in [-0.3, -0.25) is 4.98 Å². The van der Waals surface area contributed by atoms with E-state index in [2.05, 4.69) is 11.9 Å². The predicted octanol–water partition coefficient (Wildman–Crippen LogP) is 3.99. The molecule has 0 fully saturated rings. The highest BCUT2D eigenvalue weighted by Gasteiger charge is 2.05. The minimum atomic E-state index is -0.247. The summed E-state index contributed by atoms with van der Waals surface area (Å²) >= 11 is 0. The van der Waals surface area contributed by atoms with Crippen molar-refractivity contribution < 1.29 is 9.53 Å². The van der Waals surface area contributed by atoms with Crippen molar-refractivity contribution in [2.75, 3.05) is 6.61 Å². The summed E-state index contributed by atoms with van der Waals surface area (Å²) in [6.45, 7) is 2.74. The third kappa shape index (κ3) is 6.38. The molecular formula is C15H23NO2. The van der Waals surface area contributed by atoms with Crippen molar-refractivity contribution in [3.63, 3.8) is 0 Å². The topological polar surface area (TPSA) is 39.2 Å². The fourth-order valence-corrected chi connectivity index (χ4v) is 1.80. The third-order valence-electron chi connectivity index (χ3n) is 2.90. The molecule has 18 heavy (non-hydrogen) atoms. The van der Waals surface area contributed by atoms with Crippen LogP contribution in [0.3, 0.4) is 0 Å². The van der Waals surface area contributed by atoms with E-state index in [0.717, 1.165) is 12.8 Å². The van der Waals surface area contributed by atoms with Gasteiger partial charge in [0.15, 0.2) is 0 Å². The van der Waals surface area contributed by atoms with Crippen molar-refractivity contribution >= 4 is 5.97 Å². The van der Waals surface area contributed by atoms with E-state index < -0.39 is 0 Å². The first kappa shape index (κ1) is 14.7. The minimum absolute atomic E-state index is 0.247. The summed E-state index contributed by atoms with van der Waals surface area (Å²) in [6, 6.07) is 3.35. The Bertz CT molecular complexity index is 325. The molecule has 0 unspecified atom stereocenters. The smallest absolute Gasteiger partial charge is 0.338 e. The van der Waals surface area contributed by atoms with E-state index in [1.807, 2.05) is 0 Å². The first-order chi connectivity index (χ1) is 8.84. The lowest BCUT2D eigenvalue weighted by Crippen LogP contribution is -2.06. The Morgan fingerprint density at radius 3 is 2.33 bits per heavy atom. The van der Waals surface area contributed by atoms with Gasteiger partial charge in [-0.05, 0) is 18.6 Å². The Hall–Kier alpha value is -1.38. The summed E-state index contributed by atoms with van der Waals surface area (Å²) in [6.07, 6.45) is 11.8. The van der Waals surface area contributed by atoms with Crippen molar-refractivity contribution in [2.24, 2.45) is 0 Å². The number of rotatable bonds is 9. The van der Waals surface area contributed by atoms with Gasteiger partial charge >= 0.3 is 5.97 Å². The largest absolute Gasteiger partial charge is 0.462 e. The second kappa shape index (κ2) is 9.63. The van der Waals surface area contributed by atoms with Crippen molar-refractivity contribution in [1.82, 2.24) is 4.98 Å². The van der Waals surface area contributed by atoms with Crippen molar-refractivity contribution in [3.05, 3.63) is 30.1 Å². The summed E-state index contributed by atoms with van der Waals surface area (Å²) in [4.78, 5) is 15.4. The van der Waals surface area contributed by atoms with Crippen LogP contribution >= 0.6 is 0 Å². The molecule has 0 aromatic carbocycles. The fraction of sp³-hybridized carbons (Fsp3) is 0.600. The maximum absolute atomic E-state index is 11.6. The molecular weight excluding hydrogens is 226 g/mol. The van der Waals surface area contributed by atoms with Gasteiger partial charge in [0.2, 0.25) is 0 Å². The highest BCUT2D eigenvalue weighted by atomic mass is 16.5. The number of carbonyl (C=O) groups excluding carboxylic acids is 1. The number of pyridine rings is 1. The van der Waals surface area contributed by atoms with Gasteiger partial charge in [0, 0.05) is 12.4 Å². The van der Waals surface area contributed by atoms with E-state index in [9.17, 15) is 4.79 Å². The molecule has 0 spiro atoms. The van der Waals surface area contributed by atoms with Crippen LogP contribution in [0, 0.1) is 0 Å². The Kier molecular flexibility index (Phi) is 7.85. The normalized spacial score (nSPS) is 10.3. The van der Waals surface area contributed by atoms with E-state index in [1.165, 1.54) is 32.1 Å². The van der Waals surface area contributed by atoms with Gasteiger partial charge in [-0.15, -0.1) is 0 Å². The van der Waals surface area contributed by atoms with E-state index in [4.69, 9.17) is 4.74 Å². The lowest BCUT2D eigenvalue weighted by Gasteiger charge is -2.04. The molecule has 0 atom stereocenters. The first-order valence-corrected chi connectivity index (χ1v) is 6.91. The third-order valence-corrected chi connectivity index (χ3v) is 2.90. The van der Waals surface area contributed by atoms with E-state index in [1.54, 1.807) is 24.5 Å². The van der Waals surface area contributed by atoms with Crippen LogP contribution in [0.25, 0.3) is 0 Å². The van der Waals surface area contributed by atoms with Gasteiger partial charge in [0.25, 0.3) is 0 Å². The fourth-order valence-electron chi connectivity index (χ4n) is 1.80. The standard InChI is InChI=1S/C15H23NO2/c1-2-3-4-5-6-7-8-13-18-15(17)14-9-11-16-12-10-14/h9-12H,2-8,13H2,1H3. The van der Waals surface area contributed by atoms with Crippen LogP contribution in [0.5, 0.6) is 0 Å². The van der Waals surface area contributed by atoms with Crippen LogP contribution in [0.15, 0.2) is 24.5 Å². The molecule has 3 heteroatoms. The number of ether oxygens (including phenoxy) is 1. The van der Waals surface area contributed by atoms with Crippen LogP contribution in [0.2, 0.25) is 0 Å². The number of hydrogen-bond donors (Lipinski definition) is 0. The van der Waals surface area contributed by atoms with Gasteiger partial charge < -0.3 is 4.74 Å². The maximum Gasteiger partial charge on any atom is 0.338 e. The zero-order chi connectivity index (χ0) is 13.1. The minimum Gasteiger partial charge on any atom is -0.462 e. The summed E-state index contributed by atoms with van der Waals surface area (Å²) in [5.41, 5.74) is 0.577. The molecule has 0 aliphatic carbocycles. The Labute approximate surface area is 110 Å². The Morgan fingerprint density at radius 1 is 1.06 bits per heavy atom. The van der Waals surface area contributed by atoms with Crippen LogP contribution in [-0.4, -0.2) is 17.6 Å². The van der Waals surface area contributed by atoms with E-state index in [-0.39, 0.29) is 5.97 Å². The molecule has 3 nitrogen and oxygen atoms in total. The molecule has 0 saturated heterocycles. The lowest BCUT2D eigenvalue weighted by molar-refractivity contribution is 0.0497. The van der Waals surface area contributed by atoms with Crippen LogP contribution in [0.1, 0.15) is 62.2 Å². The number of unbranched alkanes of at least 4 members (excludes halogenated alkanes) is 6. The highest BCUT2D eigenvalue weighted by molar-refractivity contribution is 5.89. The molecule has 0 aliphatic rings. The second-order valence-corrected chi connectivity index (χ2v) is 4.49. The number of hydrogen-bond acceptors (Lipinski definition) is 3. The SMILES string of the molecule is CCCCCCCCCOC(=O)c1ccncc1. The van der Waals surface area contributed by atoms with E-state index in [0.29, 0.717) is 12.2 Å². The molecule has 0 bridgehead atoms. The van der Waals surface area contributed by atoms with Crippen LogP contribution in [-0.2, 0) is 4.74 Å². The Balaban J connectivity index is 2.00. The molecule has 0 N–H and O–H groups in total. The highest BCUT2D eigenvalue weighted by Crippen LogP contribution is 2.07. The quantitative estimate of drug-likeness (QED) is 0.490.